The number of amides is 1. The van der Waals surface area contributed by atoms with Gasteiger partial charge >= 0.3 is 0 Å². The molecule has 1 aliphatic rings. The van der Waals surface area contributed by atoms with Crippen LogP contribution in [0.15, 0.2) is 0 Å². The van der Waals surface area contributed by atoms with Crippen molar-refractivity contribution < 1.29 is 9.59 Å². The molecule has 4 nitrogen and oxygen atoms in total. The third-order valence-corrected chi connectivity index (χ3v) is 3.14. The van der Waals surface area contributed by atoms with Crippen molar-refractivity contribution in [2.45, 2.75) is 27.2 Å². The molecule has 0 unspecified atom stereocenters. The third kappa shape index (κ3) is 3.93. The van der Waals surface area contributed by atoms with E-state index in [1.807, 2.05) is 18.7 Å². The first-order valence-corrected chi connectivity index (χ1v) is 6.01. The zero-order chi connectivity index (χ0) is 12.1. The van der Waals surface area contributed by atoms with Crippen LogP contribution in [0.5, 0.6) is 0 Å². The molecule has 1 rings (SSSR count). The minimum absolute atomic E-state index is 0.138. The first-order chi connectivity index (χ1) is 7.50. The molecule has 0 radical (unpaired) electrons. The topological polar surface area (TPSA) is 40.6 Å². The van der Waals surface area contributed by atoms with Crippen molar-refractivity contribution in [3.63, 3.8) is 0 Å². The molecule has 0 aromatic rings. The van der Waals surface area contributed by atoms with Gasteiger partial charge in [0.2, 0.25) is 5.91 Å². The summed E-state index contributed by atoms with van der Waals surface area (Å²) in [7, 11) is 0. The van der Waals surface area contributed by atoms with Crippen LogP contribution in [0.1, 0.15) is 27.2 Å². The normalized spacial score (nSPS) is 17.9. The lowest BCUT2D eigenvalue weighted by Gasteiger charge is -2.34. The van der Waals surface area contributed by atoms with Crippen molar-refractivity contribution in [2.75, 3.05) is 32.7 Å². The SMILES string of the molecule is CC(=O)N1CCN(CCC(=O)C(C)C)CC1. The van der Waals surface area contributed by atoms with Gasteiger partial charge in [-0.15, -0.1) is 0 Å². The van der Waals surface area contributed by atoms with Crippen LogP contribution in [-0.4, -0.2) is 54.2 Å². The van der Waals surface area contributed by atoms with Crippen molar-refractivity contribution in [1.82, 2.24) is 9.80 Å². The monoisotopic (exact) mass is 226 g/mol. The molecule has 4 heteroatoms. The highest BCUT2D eigenvalue weighted by molar-refractivity contribution is 5.80. The minimum Gasteiger partial charge on any atom is -0.340 e. The fourth-order valence-electron chi connectivity index (χ4n) is 1.84. The molecule has 1 heterocycles. The summed E-state index contributed by atoms with van der Waals surface area (Å²) in [4.78, 5) is 26.7. The van der Waals surface area contributed by atoms with Crippen LogP contribution < -0.4 is 0 Å². The molecule has 1 aliphatic heterocycles. The number of Topliss-reactive ketones (excluding diaryl/α,β-unsaturated/α-hetero) is 1. The number of hydrogen-bond donors (Lipinski definition) is 0. The number of nitrogens with zero attached hydrogens (tertiary/aromatic N) is 2. The average molecular weight is 226 g/mol. The number of rotatable bonds is 4. The van der Waals surface area contributed by atoms with Gasteiger partial charge in [-0.2, -0.15) is 0 Å². The fourth-order valence-corrected chi connectivity index (χ4v) is 1.84. The van der Waals surface area contributed by atoms with E-state index < -0.39 is 0 Å². The third-order valence-electron chi connectivity index (χ3n) is 3.14. The van der Waals surface area contributed by atoms with Gasteiger partial charge in [-0.3, -0.25) is 14.5 Å². The molecule has 0 aromatic heterocycles. The van der Waals surface area contributed by atoms with Gasteiger partial charge in [0.05, 0.1) is 0 Å². The van der Waals surface area contributed by atoms with E-state index in [0.29, 0.717) is 12.2 Å². The van der Waals surface area contributed by atoms with Gasteiger partial charge in [-0.05, 0) is 0 Å². The molecule has 0 bridgehead atoms. The van der Waals surface area contributed by atoms with Gasteiger partial charge in [-0.1, -0.05) is 13.8 Å². The number of piperazine rings is 1. The maximum Gasteiger partial charge on any atom is 0.219 e. The number of hydrogen-bond acceptors (Lipinski definition) is 3. The summed E-state index contributed by atoms with van der Waals surface area (Å²) in [6.45, 7) is 9.71. The highest BCUT2D eigenvalue weighted by atomic mass is 16.2. The van der Waals surface area contributed by atoms with Crippen LogP contribution >= 0.6 is 0 Å². The summed E-state index contributed by atoms with van der Waals surface area (Å²) >= 11 is 0. The summed E-state index contributed by atoms with van der Waals surface area (Å²) in [6, 6.07) is 0. The Morgan fingerprint density at radius 3 is 2.12 bits per heavy atom. The van der Waals surface area contributed by atoms with Gasteiger partial charge in [0.25, 0.3) is 0 Å². The van der Waals surface area contributed by atoms with Gasteiger partial charge in [0.1, 0.15) is 5.78 Å². The van der Waals surface area contributed by atoms with Crippen LogP contribution in [-0.2, 0) is 9.59 Å². The summed E-state index contributed by atoms with van der Waals surface area (Å²) in [5, 5.41) is 0. The Hall–Kier alpha value is -0.900. The van der Waals surface area contributed by atoms with E-state index in [4.69, 9.17) is 0 Å². The second-order valence-electron chi connectivity index (χ2n) is 4.72. The predicted molar refractivity (Wildman–Crippen MR) is 63.2 cm³/mol. The second kappa shape index (κ2) is 5.99. The van der Waals surface area contributed by atoms with E-state index in [9.17, 15) is 9.59 Å². The lowest BCUT2D eigenvalue weighted by Crippen LogP contribution is -2.48. The average Bonchev–Trinajstić information content (AvgIpc) is 2.26. The molecule has 0 saturated carbocycles. The standard InChI is InChI=1S/C12H22N2O2/c1-10(2)12(16)4-5-13-6-8-14(9-7-13)11(3)15/h10H,4-9H2,1-3H3. The predicted octanol–water partition coefficient (Wildman–Crippen LogP) is 0.766. The summed E-state index contributed by atoms with van der Waals surface area (Å²) < 4.78 is 0. The Labute approximate surface area is 97.6 Å². The molecule has 1 amide bonds. The second-order valence-corrected chi connectivity index (χ2v) is 4.72. The lowest BCUT2D eigenvalue weighted by atomic mass is 10.1. The zero-order valence-corrected chi connectivity index (χ0v) is 10.5. The molecule has 1 saturated heterocycles. The smallest absolute Gasteiger partial charge is 0.219 e. The van der Waals surface area contributed by atoms with E-state index >= 15 is 0 Å². The van der Waals surface area contributed by atoms with E-state index in [1.165, 1.54) is 0 Å². The molecule has 0 spiro atoms. The van der Waals surface area contributed by atoms with Gasteiger partial charge in [0.15, 0.2) is 0 Å². The largest absolute Gasteiger partial charge is 0.340 e. The van der Waals surface area contributed by atoms with E-state index in [0.717, 1.165) is 32.7 Å². The molecular formula is C12H22N2O2. The van der Waals surface area contributed by atoms with Crippen molar-refractivity contribution in [3.8, 4) is 0 Å². The maximum absolute atomic E-state index is 11.5. The van der Waals surface area contributed by atoms with E-state index in [2.05, 4.69) is 4.90 Å². The first-order valence-electron chi connectivity index (χ1n) is 6.01. The summed E-state index contributed by atoms with van der Waals surface area (Å²) in [5.74, 6) is 0.616. The molecule has 1 fully saturated rings. The Kier molecular flexibility index (Phi) is 4.93. The Morgan fingerprint density at radius 2 is 1.69 bits per heavy atom. The minimum atomic E-state index is 0.138. The fraction of sp³-hybridized carbons (Fsp3) is 0.833. The van der Waals surface area contributed by atoms with Crippen molar-refractivity contribution in [1.29, 1.82) is 0 Å². The zero-order valence-electron chi connectivity index (χ0n) is 10.5. The summed E-state index contributed by atoms with van der Waals surface area (Å²) in [5.41, 5.74) is 0. The van der Waals surface area contributed by atoms with E-state index in [-0.39, 0.29) is 11.8 Å². The van der Waals surface area contributed by atoms with E-state index in [1.54, 1.807) is 6.92 Å². The number of carbonyl (C=O) groups excluding carboxylic acids is 2. The summed E-state index contributed by atoms with van der Waals surface area (Å²) in [6.07, 6.45) is 0.637. The van der Waals surface area contributed by atoms with Gasteiger partial charge in [-0.25, -0.2) is 0 Å². The molecule has 0 atom stereocenters. The van der Waals surface area contributed by atoms with Gasteiger partial charge in [0, 0.05) is 52.0 Å². The van der Waals surface area contributed by atoms with Crippen molar-refractivity contribution >= 4 is 11.7 Å². The molecule has 0 N–H and O–H groups in total. The van der Waals surface area contributed by atoms with Crippen LogP contribution in [0.2, 0.25) is 0 Å². The lowest BCUT2D eigenvalue weighted by molar-refractivity contribution is -0.131. The molecular weight excluding hydrogens is 204 g/mol. The Morgan fingerprint density at radius 1 is 1.12 bits per heavy atom. The number of carbonyl (C=O) groups is 2. The molecule has 0 aliphatic carbocycles. The van der Waals surface area contributed by atoms with Gasteiger partial charge < -0.3 is 4.90 Å². The Bertz CT molecular complexity index is 256. The number of ketones is 1. The van der Waals surface area contributed by atoms with Crippen LogP contribution in [0.4, 0.5) is 0 Å². The van der Waals surface area contributed by atoms with Crippen LogP contribution in [0.3, 0.4) is 0 Å². The van der Waals surface area contributed by atoms with Crippen molar-refractivity contribution in [3.05, 3.63) is 0 Å². The quantitative estimate of drug-likeness (QED) is 0.711. The highest BCUT2D eigenvalue weighted by Crippen LogP contribution is 2.05. The maximum atomic E-state index is 11.5. The highest BCUT2D eigenvalue weighted by Gasteiger charge is 2.19. The van der Waals surface area contributed by atoms with Crippen molar-refractivity contribution in [2.24, 2.45) is 5.92 Å². The van der Waals surface area contributed by atoms with Crippen LogP contribution in [0, 0.1) is 5.92 Å². The molecule has 0 aromatic carbocycles. The first kappa shape index (κ1) is 13.2. The Balaban J connectivity index is 2.22. The molecule has 92 valence electrons. The van der Waals surface area contributed by atoms with Crippen LogP contribution in [0.25, 0.3) is 0 Å². The molecule has 16 heavy (non-hydrogen) atoms.